The molecule has 76 valence electrons. The molecule has 0 atom stereocenters. The van der Waals surface area contributed by atoms with Crippen molar-refractivity contribution in [3.8, 4) is 0 Å². The number of hydrogen-bond acceptors (Lipinski definition) is 1. The minimum absolute atomic E-state index is 0.186. The van der Waals surface area contributed by atoms with Gasteiger partial charge in [0.15, 0.2) is 0 Å². The summed E-state index contributed by atoms with van der Waals surface area (Å²) in [7, 11) is 1.60. The van der Waals surface area contributed by atoms with Crippen LogP contribution in [0.25, 0.3) is 0 Å². The number of nitrogens with one attached hydrogen (secondary N) is 2. The van der Waals surface area contributed by atoms with Crippen LogP contribution in [0.2, 0.25) is 0 Å². The predicted molar refractivity (Wildman–Crippen MR) is 58.6 cm³/mol. The van der Waals surface area contributed by atoms with E-state index < -0.39 is 0 Å². The Bertz CT molecular complexity index is 334. The van der Waals surface area contributed by atoms with Gasteiger partial charge in [-0.3, -0.25) is 0 Å². The number of carbonyl (C=O) groups excluding carboxylic acids is 1. The average Bonchev–Trinajstić information content (AvgIpc) is 2.18. The number of carbonyl (C=O) groups is 1. The highest BCUT2D eigenvalue weighted by atomic mass is 16.2. The second-order valence-corrected chi connectivity index (χ2v) is 3.20. The molecule has 0 unspecified atom stereocenters. The quantitative estimate of drug-likeness (QED) is 0.741. The number of hydrogen-bond donors (Lipinski definition) is 2. The maximum Gasteiger partial charge on any atom is 0.318 e. The van der Waals surface area contributed by atoms with E-state index in [4.69, 9.17) is 0 Å². The lowest BCUT2D eigenvalue weighted by Gasteiger charge is -2.07. The standard InChI is InChI=1S/C11H16N2O/c1-4-9-5-6-10(7-8(9)2)13-11(14)12-3/h5-7H,4H2,1-3H3,(H2,12,13,14). The number of aryl methyl sites for hydroxylation is 2. The van der Waals surface area contributed by atoms with Crippen molar-refractivity contribution in [3.63, 3.8) is 0 Å². The van der Waals surface area contributed by atoms with Crippen LogP contribution >= 0.6 is 0 Å². The lowest BCUT2D eigenvalue weighted by Crippen LogP contribution is -2.24. The van der Waals surface area contributed by atoms with E-state index in [-0.39, 0.29) is 6.03 Å². The van der Waals surface area contributed by atoms with Gasteiger partial charge in [0.1, 0.15) is 0 Å². The highest BCUT2D eigenvalue weighted by molar-refractivity contribution is 5.89. The molecule has 0 aliphatic carbocycles. The summed E-state index contributed by atoms with van der Waals surface area (Å²) in [5, 5.41) is 5.25. The third-order valence-electron chi connectivity index (χ3n) is 2.21. The Morgan fingerprint density at radius 1 is 1.43 bits per heavy atom. The van der Waals surface area contributed by atoms with Crippen LogP contribution in [0, 0.1) is 6.92 Å². The van der Waals surface area contributed by atoms with Gasteiger partial charge in [0.25, 0.3) is 0 Å². The summed E-state index contributed by atoms with van der Waals surface area (Å²) >= 11 is 0. The molecule has 0 aromatic heterocycles. The first-order chi connectivity index (χ1) is 6.67. The molecule has 0 bridgehead atoms. The first kappa shape index (κ1) is 10.6. The molecule has 0 aliphatic rings. The van der Waals surface area contributed by atoms with Crippen molar-refractivity contribution in [1.82, 2.24) is 5.32 Å². The molecule has 0 saturated carbocycles. The van der Waals surface area contributed by atoms with E-state index >= 15 is 0 Å². The molecule has 3 nitrogen and oxygen atoms in total. The van der Waals surface area contributed by atoms with E-state index in [0.29, 0.717) is 0 Å². The van der Waals surface area contributed by atoms with Gasteiger partial charge in [0, 0.05) is 12.7 Å². The zero-order valence-electron chi connectivity index (χ0n) is 8.85. The summed E-state index contributed by atoms with van der Waals surface area (Å²) in [4.78, 5) is 11.0. The van der Waals surface area contributed by atoms with Gasteiger partial charge in [-0.15, -0.1) is 0 Å². The molecule has 2 amide bonds. The maximum atomic E-state index is 11.0. The summed E-state index contributed by atoms with van der Waals surface area (Å²) in [5.74, 6) is 0. The van der Waals surface area contributed by atoms with Crippen LogP contribution in [0.1, 0.15) is 18.1 Å². The fourth-order valence-electron chi connectivity index (χ4n) is 1.36. The first-order valence-electron chi connectivity index (χ1n) is 4.75. The Kier molecular flexibility index (Phi) is 3.51. The predicted octanol–water partition coefficient (Wildman–Crippen LogP) is 2.31. The van der Waals surface area contributed by atoms with Gasteiger partial charge in [-0.05, 0) is 36.6 Å². The highest BCUT2D eigenvalue weighted by Crippen LogP contribution is 2.15. The van der Waals surface area contributed by atoms with E-state index in [1.165, 1.54) is 11.1 Å². The van der Waals surface area contributed by atoms with Crippen molar-refractivity contribution in [2.24, 2.45) is 0 Å². The molecule has 14 heavy (non-hydrogen) atoms. The molecule has 1 aromatic rings. The minimum atomic E-state index is -0.186. The van der Waals surface area contributed by atoms with Crippen molar-refractivity contribution in [2.45, 2.75) is 20.3 Å². The Morgan fingerprint density at radius 3 is 2.64 bits per heavy atom. The van der Waals surface area contributed by atoms with Gasteiger partial charge in [-0.2, -0.15) is 0 Å². The zero-order valence-corrected chi connectivity index (χ0v) is 8.85. The average molecular weight is 192 g/mol. The molecule has 0 fully saturated rings. The van der Waals surface area contributed by atoms with Crippen molar-refractivity contribution < 1.29 is 4.79 Å². The van der Waals surface area contributed by atoms with E-state index in [2.05, 4.69) is 17.6 Å². The Hall–Kier alpha value is -1.51. The van der Waals surface area contributed by atoms with Crippen LogP contribution in [0.5, 0.6) is 0 Å². The van der Waals surface area contributed by atoms with E-state index in [0.717, 1.165) is 12.1 Å². The van der Waals surface area contributed by atoms with Crippen molar-refractivity contribution >= 4 is 11.7 Å². The lowest BCUT2D eigenvalue weighted by molar-refractivity contribution is 0.254. The number of rotatable bonds is 2. The van der Waals surface area contributed by atoms with Crippen LogP contribution in [0.4, 0.5) is 10.5 Å². The minimum Gasteiger partial charge on any atom is -0.341 e. The van der Waals surface area contributed by atoms with Gasteiger partial charge >= 0.3 is 6.03 Å². The monoisotopic (exact) mass is 192 g/mol. The first-order valence-corrected chi connectivity index (χ1v) is 4.75. The third-order valence-corrected chi connectivity index (χ3v) is 2.21. The fraction of sp³-hybridized carbons (Fsp3) is 0.364. The number of benzene rings is 1. The third kappa shape index (κ3) is 2.49. The summed E-state index contributed by atoms with van der Waals surface area (Å²) in [6, 6.07) is 5.75. The molecular formula is C11H16N2O. The molecule has 0 radical (unpaired) electrons. The summed E-state index contributed by atoms with van der Waals surface area (Å²) in [6.07, 6.45) is 1.02. The maximum absolute atomic E-state index is 11.0. The molecule has 2 N–H and O–H groups in total. The summed E-state index contributed by atoms with van der Waals surface area (Å²) < 4.78 is 0. The van der Waals surface area contributed by atoms with Crippen LogP contribution in [0.15, 0.2) is 18.2 Å². The molecule has 0 spiro atoms. The number of amides is 2. The molecule has 0 saturated heterocycles. The fourth-order valence-corrected chi connectivity index (χ4v) is 1.36. The number of urea groups is 1. The molecular weight excluding hydrogens is 176 g/mol. The highest BCUT2D eigenvalue weighted by Gasteiger charge is 2.00. The number of anilines is 1. The van der Waals surface area contributed by atoms with E-state index in [1.54, 1.807) is 7.05 Å². The molecule has 1 aromatic carbocycles. The topological polar surface area (TPSA) is 41.1 Å². The molecule has 1 rings (SSSR count). The second-order valence-electron chi connectivity index (χ2n) is 3.20. The normalized spacial score (nSPS) is 9.64. The summed E-state index contributed by atoms with van der Waals surface area (Å²) in [5.41, 5.74) is 3.35. The van der Waals surface area contributed by atoms with Crippen molar-refractivity contribution in [3.05, 3.63) is 29.3 Å². The molecule has 0 heterocycles. The van der Waals surface area contributed by atoms with Crippen molar-refractivity contribution in [2.75, 3.05) is 12.4 Å². The van der Waals surface area contributed by atoms with E-state index in [1.807, 2.05) is 25.1 Å². The second kappa shape index (κ2) is 4.65. The Morgan fingerprint density at radius 2 is 2.14 bits per heavy atom. The van der Waals surface area contributed by atoms with Crippen LogP contribution in [-0.2, 0) is 6.42 Å². The van der Waals surface area contributed by atoms with Gasteiger partial charge in [0.2, 0.25) is 0 Å². The lowest BCUT2D eigenvalue weighted by atomic mass is 10.1. The zero-order chi connectivity index (χ0) is 10.6. The SMILES string of the molecule is CCc1ccc(NC(=O)NC)cc1C. The molecule has 3 heteroatoms. The smallest absolute Gasteiger partial charge is 0.318 e. The van der Waals surface area contributed by atoms with Crippen LogP contribution in [-0.4, -0.2) is 13.1 Å². The van der Waals surface area contributed by atoms with Crippen LogP contribution < -0.4 is 10.6 Å². The molecule has 0 aliphatic heterocycles. The van der Waals surface area contributed by atoms with Gasteiger partial charge < -0.3 is 10.6 Å². The van der Waals surface area contributed by atoms with E-state index in [9.17, 15) is 4.79 Å². The van der Waals surface area contributed by atoms with Gasteiger partial charge in [0.05, 0.1) is 0 Å². The van der Waals surface area contributed by atoms with Crippen LogP contribution in [0.3, 0.4) is 0 Å². The Balaban J connectivity index is 2.81. The van der Waals surface area contributed by atoms with Crippen molar-refractivity contribution in [1.29, 1.82) is 0 Å². The summed E-state index contributed by atoms with van der Waals surface area (Å²) in [6.45, 7) is 4.17. The van der Waals surface area contributed by atoms with Gasteiger partial charge in [-0.1, -0.05) is 13.0 Å². The largest absolute Gasteiger partial charge is 0.341 e. The van der Waals surface area contributed by atoms with Gasteiger partial charge in [-0.25, -0.2) is 4.79 Å². The Labute approximate surface area is 84.5 Å².